The summed E-state index contributed by atoms with van der Waals surface area (Å²) in [5.41, 5.74) is 0.666. The summed E-state index contributed by atoms with van der Waals surface area (Å²) in [6, 6.07) is 11.2. The number of methoxy groups -OCH3 is 1. The molecule has 6 nitrogen and oxygen atoms in total. The maximum atomic E-state index is 13.9. The average Bonchev–Trinajstić information content (AvgIpc) is 2.76. The number of nitrogens with zero attached hydrogens (tertiary/aromatic N) is 2. The van der Waals surface area contributed by atoms with Crippen LogP contribution in [0.15, 0.2) is 52.4 Å². The van der Waals surface area contributed by atoms with Crippen molar-refractivity contribution in [2.75, 3.05) is 19.5 Å². The van der Waals surface area contributed by atoms with Crippen molar-refractivity contribution in [3.8, 4) is 5.75 Å². The van der Waals surface area contributed by atoms with Crippen LogP contribution >= 0.6 is 11.8 Å². The molecular formula is C23H25FN2O4S. The van der Waals surface area contributed by atoms with E-state index in [1.54, 1.807) is 22.8 Å². The normalized spacial score (nSPS) is 11.3. The van der Waals surface area contributed by atoms with E-state index in [0.29, 0.717) is 35.6 Å². The van der Waals surface area contributed by atoms with Crippen LogP contribution < -0.4 is 10.3 Å². The molecule has 31 heavy (non-hydrogen) atoms. The molecule has 0 aliphatic heterocycles. The van der Waals surface area contributed by atoms with Crippen molar-refractivity contribution < 1.29 is 18.7 Å². The lowest BCUT2D eigenvalue weighted by Gasteiger charge is -2.14. The van der Waals surface area contributed by atoms with Crippen LogP contribution in [0, 0.1) is 5.82 Å². The number of carbonyl (C=O) groups is 1. The molecule has 0 aliphatic carbocycles. The summed E-state index contributed by atoms with van der Waals surface area (Å²) in [6.07, 6.45) is 0.756. The number of ketones is 1. The van der Waals surface area contributed by atoms with Crippen LogP contribution in [0.4, 0.5) is 4.39 Å². The Hall–Kier alpha value is -2.71. The molecule has 0 saturated heterocycles. The van der Waals surface area contributed by atoms with Crippen LogP contribution in [0.1, 0.15) is 30.6 Å². The van der Waals surface area contributed by atoms with Crippen molar-refractivity contribution in [2.24, 2.45) is 0 Å². The van der Waals surface area contributed by atoms with Crippen LogP contribution in [0.5, 0.6) is 5.75 Å². The molecule has 0 bridgehead atoms. The van der Waals surface area contributed by atoms with Crippen molar-refractivity contribution in [3.63, 3.8) is 0 Å². The van der Waals surface area contributed by atoms with Crippen LogP contribution in [0.3, 0.4) is 0 Å². The van der Waals surface area contributed by atoms with Gasteiger partial charge >= 0.3 is 0 Å². The molecule has 2 aromatic carbocycles. The molecule has 3 rings (SSSR count). The Labute approximate surface area is 184 Å². The summed E-state index contributed by atoms with van der Waals surface area (Å²) in [6.45, 7) is 4.86. The molecule has 0 saturated carbocycles. The zero-order valence-corrected chi connectivity index (χ0v) is 18.6. The minimum atomic E-state index is -0.593. The Morgan fingerprint density at radius 1 is 1.23 bits per heavy atom. The summed E-state index contributed by atoms with van der Waals surface area (Å²) in [5, 5.41) is 0.982. The van der Waals surface area contributed by atoms with Gasteiger partial charge in [-0.3, -0.25) is 14.2 Å². The molecule has 0 fully saturated rings. The number of benzene rings is 2. The SMILES string of the molecule is COc1ccc(C(=O)CSc2nc3ccccc3c(=O)n2CCCOC(C)C)cc1F. The number of aromatic nitrogens is 2. The van der Waals surface area contributed by atoms with Gasteiger partial charge in [0, 0.05) is 18.7 Å². The fraction of sp³-hybridized carbons (Fsp3) is 0.348. The van der Waals surface area contributed by atoms with Gasteiger partial charge in [0.05, 0.1) is 29.9 Å². The van der Waals surface area contributed by atoms with Gasteiger partial charge in [0.2, 0.25) is 0 Å². The summed E-state index contributed by atoms with van der Waals surface area (Å²) in [4.78, 5) is 30.2. The molecular weight excluding hydrogens is 419 g/mol. The summed E-state index contributed by atoms with van der Waals surface area (Å²) in [5.74, 6) is -0.746. The van der Waals surface area contributed by atoms with Crippen LogP contribution in [0.2, 0.25) is 0 Å². The number of ether oxygens (including phenoxy) is 2. The van der Waals surface area contributed by atoms with Gasteiger partial charge in [-0.1, -0.05) is 23.9 Å². The molecule has 0 atom stereocenters. The first-order chi connectivity index (χ1) is 14.9. The van der Waals surface area contributed by atoms with Gasteiger partial charge in [-0.2, -0.15) is 0 Å². The monoisotopic (exact) mass is 444 g/mol. The predicted molar refractivity (Wildman–Crippen MR) is 120 cm³/mol. The molecule has 0 N–H and O–H groups in total. The van der Waals surface area contributed by atoms with Gasteiger partial charge in [-0.05, 0) is 50.6 Å². The van der Waals surface area contributed by atoms with Crippen LogP contribution in [-0.2, 0) is 11.3 Å². The van der Waals surface area contributed by atoms with Gasteiger partial charge in [-0.25, -0.2) is 9.37 Å². The summed E-state index contributed by atoms with van der Waals surface area (Å²) in [7, 11) is 1.37. The van der Waals surface area contributed by atoms with Crippen LogP contribution in [0.25, 0.3) is 10.9 Å². The van der Waals surface area contributed by atoms with Gasteiger partial charge in [0.1, 0.15) is 0 Å². The second-order valence-corrected chi connectivity index (χ2v) is 8.15. The Morgan fingerprint density at radius 3 is 2.71 bits per heavy atom. The highest BCUT2D eigenvalue weighted by Gasteiger charge is 2.15. The van der Waals surface area contributed by atoms with Gasteiger partial charge in [0.15, 0.2) is 22.5 Å². The highest BCUT2D eigenvalue weighted by molar-refractivity contribution is 7.99. The fourth-order valence-corrected chi connectivity index (χ4v) is 3.97. The minimum Gasteiger partial charge on any atom is -0.494 e. The molecule has 0 amide bonds. The summed E-state index contributed by atoms with van der Waals surface area (Å²) < 4.78 is 26.0. The zero-order chi connectivity index (χ0) is 22.4. The third kappa shape index (κ3) is 5.71. The van der Waals surface area contributed by atoms with E-state index in [0.717, 1.165) is 6.07 Å². The first-order valence-electron chi connectivity index (χ1n) is 10.0. The molecule has 0 unspecified atom stereocenters. The topological polar surface area (TPSA) is 70.4 Å². The van der Waals surface area contributed by atoms with Crippen molar-refractivity contribution in [3.05, 3.63) is 64.2 Å². The highest BCUT2D eigenvalue weighted by Crippen LogP contribution is 2.22. The van der Waals surface area contributed by atoms with E-state index in [1.807, 2.05) is 19.9 Å². The second-order valence-electron chi connectivity index (χ2n) is 7.20. The van der Waals surface area contributed by atoms with Gasteiger partial charge in [0.25, 0.3) is 5.56 Å². The van der Waals surface area contributed by atoms with Crippen molar-refractivity contribution in [1.29, 1.82) is 0 Å². The molecule has 0 spiro atoms. The highest BCUT2D eigenvalue weighted by atomic mass is 32.2. The van der Waals surface area contributed by atoms with Crippen LogP contribution in [-0.4, -0.2) is 40.9 Å². The maximum Gasteiger partial charge on any atom is 0.262 e. The summed E-state index contributed by atoms with van der Waals surface area (Å²) >= 11 is 1.17. The van der Waals surface area contributed by atoms with Crippen molar-refractivity contribution in [1.82, 2.24) is 9.55 Å². The lowest BCUT2D eigenvalue weighted by atomic mass is 10.1. The predicted octanol–water partition coefficient (Wildman–Crippen LogP) is 4.33. The molecule has 3 aromatic rings. The standard InChI is InChI=1S/C23H25FN2O4S/c1-15(2)30-12-6-11-26-22(28)17-7-4-5-8-19(17)25-23(26)31-14-20(27)16-9-10-21(29-3)18(24)13-16/h4-5,7-10,13,15H,6,11-12,14H2,1-3H3. The van der Waals surface area contributed by atoms with E-state index in [9.17, 15) is 14.0 Å². The second kappa shape index (κ2) is 10.5. The largest absolute Gasteiger partial charge is 0.494 e. The van der Waals surface area contributed by atoms with Crippen molar-refractivity contribution >= 4 is 28.4 Å². The van der Waals surface area contributed by atoms with Crippen molar-refractivity contribution in [2.45, 2.75) is 38.1 Å². The Bertz CT molecular complexity index is 1130. The number of hydrogen-bond acceptors (Lipinski definition) is 6. The molecule has 0 radical (unpaired) electrons. The zero-order valence-electron chi connectivity index (χ0n) is 17.8. The average molecular weight is 445 g/mol. The first kappa shape index (κ1) is 23.0. The number of para-hydroxylation sites is 1. The molecule has 8 heteroatoms. The number of thioether (sulfide) groups is 1. The Balaban J connectivity index is 1.82. The third-order valence-corrected chi connectivity index (χ3v) is 5.59. The van der Waals surface area contributed by atoms with E-state index in [-0.39, 0.29) is 34.5 Å². The van der Waals surface area contributed by atoms with E-state index in [1.165, 1.54) is 31.0 Å². The van der Waals surface area contributed by atoms with E-state index in [2.05, 4.69) is 4.98 Å². The van der Waals surface area contributed by atoms with Gasteiger partial charge < -0.3 is 9.47 Å². The first-order valence-corrected chi connectivity index (χ1v) is 11.0. The molecule has 0 aliphatic rings. The molecule has 164 valence electrons. The smallest absolute Gasteiger partial charge is 0.262 e. The number of fused-ring (bicyclic) bond motifs is 1. The van der Waals surface area contributed by atoms with E-state index >= 15 is 0 Å². The number of carbonyl (C=O) groups excluding carboxylic acids is 1. The lowest BCUT2D eigenvalue weighted by Crippen LogP contribution is -2.24. The third-order valence-electron chi connectivity index (χ3n) is 4.61. The minimum absolute atomic E-state index is 0.0268. The lowest BCUT2D eigenvalue weighted by molar-refractivity contribution is 0.0743. The molecule has 1 aromatic heterocycles. The number of hydrogen-bond donors (Lipinski definition) is 0. The van der Waals surface area contributed by atoms with E-state index in [4.69, 9.17) is 9.47 Å². The Morgan fingerprint density at radius 2 is 2.00 bits per heavy atom. The number of rotatable bonds is 10. The Kier molecular flexibility index (Phi) is 7.81. The fourth-order valence-electron chi connectivity index (χ4n) is 3.05. The number of halogens is 1. The van der Waals surface area contributed by atoms with E-state index < -0.39 is 5.82 Å². The maximum absolute atomic E-state index is 13.9. The molecule has 1 heterocycles. The van der Waals surface area contributed by atoms with Gasteiger partial charge in [-0.15, -0.1) is 0 Å². The number of Topliss-reactive ketones (excluding diaryl/α,β-unsaturated/α-hetero) is 1. The quantitative estimate of drug-likeness (QED) is 0.201.